The van der Waals surface area contributed by atoms with Crippen molar-refractivity contribution >= 4 is 28.5 Å². The van der Waals surface area contributed by atoms with E-state index in [1.54, 1.807) is 7.11 Å². The number of fused-ring (bicyclic) bond motifs is 1. The molecule has 1 saturated carbocycles. The molecule has 0 radical (unpaired) electrons. The molecule has 1 aliphatic carbocycles. The Balaban J connectivity index is 1.54. The lowest BCUT2D eigenvalue weighted by Crippen LogP contribution is -2.26. The van der Waals surface area contributed by atoms with E-state index in [9.17, 15) is 0 Å². The molecule has 1 aromatic carbocycles. The fraction of sp³-hybridized carbons (Fsp3) is 0.476. The van der Waals surface area contributed by atoms with E-state index < -0.39 is 0 Å². The van der Waals surface area contributed by atoms with Crippen molar-refractivity contribution in [2.75, 3.05) is 30.4 Å². The van der Waals surface area contributed by atoms with Gasteiger partial charge < -0.3 is 15.0 Å². The van der Waals surface area contributed by atoms with Crippen molar-refractivity contribution in [1.82, 2.24) is 20.2 Å². The number of methoxy groups -OCH3 is 1. The number of rotatable bonds is 5. The van der Waals surface area contributed by atoms with Crippen LogP contribution in [0.4, 0.5) is 17.6 Å². The Labute approximate surface area is 164 Å². The molecule has 5 rings (SSSR count). The maximum absolute atomic E-state index is 5.42. The molecule has 2 fully saturated rings. The van der Waals surface area contributed by atoms with Crippen molar-refractivity contribution < 1.29 is 4.74 Å². The molecular weight excluding hydrogens is 352 g/mol. The zero-order valence-electron chi connectivity index (χ0n) is 16.2. The summed E-state index contributed by atoms with van der Waals surface area (Å²) in [6.07, 6.45) is 7.43. The summed E-state index contributed by atoms with van der Waals surface area (Å²) in [6, 6.07) is 8.03. The summed E-state index contributed by atoms with van der Waals surface area (Å²) in [5.41, 5.74) is 2.11. The van der Waals surface area contributed by atoms with Gasteiger partial charge in [0.15, 0.2) is 5.82 Å². The van der Waals surface area contributed by atoms with Crippen LogP contribution in [0.2, 0.25) is 0 Å². The highest BCUT2D eigenvalue weighted by molar-refractivity contribution is 5.92. The van der Waals surface area contributed by atoms with Gasteiger partial charge in [0.05, 0.1) is 12.6 Å². The maximum atomic E-state index is 5.42. The van der Waals surface area contributed by atoms with E-state index in [0.717, 1.165) is 47.3 Å². The minimum atomic E-state index is 0.637. The van der Waals surface area contributed by atoms with Crippen LogP contribution >= 0.6 is 0 Å². The van der Waals surface area contributed by atoms with Crippen LogP contribution in [-0.4, -0.2) is 40.4 Å². The van der Waals surface area contributed by atoms with Gasteiger partial charge in [-0.3, -0.25) is 5.10 Å². The summed E-state index contributed by atoms with van der Waals surface area (Å²) < 4.78 is 5.42. The molecule has 7 heteroatoms. The first-order valence-electron chi connectivity index (χ1n) is 10.2. The SMILES string of the molecule is COc1ccc2nc(N3CCCCCC3)nc(Nc3cc(C4CC4)[nH]n3)c2c1. The van der Waals surface area contributed by atoms with Crippen LogP contribution in [0.25, 0.3) is 10.9 Å². The van der Waals surface area contributed by atoms with Crippen molar-refractivity contribution in [2.24, 2.45) is 0 Å². The Hall–Kier alpha value is -2.83. The molecule has 0 amide bonds. The monoisotopic (exact) mass is 378 g/mol. The second-order valence-electron chi connectivity index (χ2n) is 7.76. The van der Waals surface area contributed by atoms with Gasteiger partial charge in [0.2, 0.25) is 5.95 Å². The van der Waals surface area contributed by atoms with Crippen LogP contribution < -0.4 is 15.0 Å². The molecule has 0 unspecified atom stereocenters. The van der Waals surface area contributed by atoms with E-state index in [1.807, 2.05) is 18.2 Å². The quantitative estimate of drug-likeness (QED) is 0.687. The minimum Gasteiger partial charge on any atom is -0.497 e. The summed E-state index contributed by atoms with van der Waals surface area (Å²) in [6.45, 7) is 2.02. The zero-order chi connectivity index (χ0) is 18.9. The molecule has 0 bridgehead atoms. The normalized spacial score (nSPS) is 17.5. The molecule has 3 aromatic rings. The third kappa shape index (κ3) is 3.48. The number of hydrogen-bond donors (Lipinski definition) is 2. The molecule has 1 aliphatic heterocycles. The van der Waals surface area contributed by atoms with Crippen molar-refractivity contribution in [2.45, 2.75) is 44.4 Å². The summed E-state index contributed by atoms with van der Waals surface area (Å²) in [5, 5.41) is 12.0. The van der Waals surface area contributed by atoms with Gasteiger partial charge in [0, 0.05) is 36.2 Å². The van der Waals surface area contributed by atoms with Crippen molar-refractivity contribution in [3.8, 4) is 5.75 Å². The lowest BCUT2D eigenvalue weighted by atomic mass is 10.2. The molecule has 2 N–H and O–H groups in total. The molecular formula is C21H26N6O. The summed E-state index contributed by atoms with van der Waals surface area (Å²) in [7, 11) is 1.68. The third-order valence-corrected chi connectivity index (χ3v) is 5.64. The summed E-state index contributed by atoms with van der Waals surface area (Å²) >= 11 is 0. The lowest BCUT2D eigenvalue weighted by molar-refractivity contribution is 0.415. The first kappa shape index (κ1) is 17.3. The average Bonchev–Trinajstić information content (AvgIpc) is 3.52. The number of aromatic amines is 1. The van der Waals surface area contributed by atoms with E-state index in [2.05, 4.69) is 26.5 Å². The van der Waals surface area contributed by atoms with Gasteiger partial charge in [-0.05, 0) is 43.9 Å². The van der Waals surface area contributed by atoms with Gasteiger partial charge in [-0.15, -0.1) is 0 Å². The van der Waals surface area contributed by atoms with Crippen LogP contribution in [0.15, 0.2) is 24.3 Å². The van der Waals surface area contributed by atoms with Crippen molar-refractivity contribution in [3.05, 3.63) is 30.0 Å². The molecule has 7 nitrogen and oxygen atoms in total. The molecule has 0 spiro atoms. The highest BCUT2D eigenvalue weighted by Crippen LogP contribution is 2.40. The number of nitrogens with one attached hydrogen (secondary N) is 2. The van der Waals surface area contributed by atoms with E-state index in [0.29, 0.717) is 5.92 Å². The first-order chi connectivity index (χ1) is 13.8. The number of nitrogens with zero attached hydrogens (tertiary/aromatic N) is 4. The number of benzene rings is 1. The van der Waals surface area contributed by atoms with Gasteiger partial charge in [0.1, 0.15) is 11.6 Å². The van der Waals surface area contributed by atoms with Gasteiger partial charge in [-0.2, -0.15) is 10.1 Å². The highest BCUT2D eigenvalue weighted by atomic mass is 16.5. The minimum absolute atomic E-state index is 0.637. The molecule has 2 aromatic heterocycles. The van der Waals surface area contributed by atoms with Gasteiger partial charge in [0.25, 0.3) is 0 Å². The molecule has 0 atom stereocenters. The zero-order valence-corrected chi connectivity index (χ0v) is 16.2. The molecule has 1 saturated heterocycles. The Morgan fingerprint density at radius 3 is 2.64 bits per heavy atom. The lowest BCUT2D eigenvalue weighted by Gasteiger charge is -2.21. The number of hydrogen-bond acceptors (Lipinski definition) is 6. The van der Waals surface area contributed by atoms with Crippen LogP contribution in [0, 0.1) is 0 Å². The fourth-order valence-corrected chi connectivity index (χ4v) is 3.86. The van der Waals surface area contributed by atoms with E-state index in [-0.39, 0.29) is 0 Å². The van der Waals surface area contributed by atoms with Gasteiger partial charge >= 0.3 is 0 Å². The topological polar surface area (TPSA) is 79.0 Å². The van der Waals surface area contributed by atoms with Gasteiger partial charge in [-0.25, -0.2) is 4.98 Å². The second-order valence-corrected chi connectivity index (χ2v) is 7.76. The molecule has 146 valence electrons. The van der Waals surface area contributed by atoms with E-state index in [4.69, 9.17) is 14.7 Å². The third-order valence-electron chi connectivity index (χ3n) is 5.64. The molecule has 28 heavy (non-hydrogen) atoms. The smallest absolute Gasteiger partial charge is 0.227 e. The Kier molecular flexibility index (Phi) is 4.50. The maximum Gasteiger partial charge on any atom is 0.227 e. The summed E-state index contributed by atoms with van der Waals surface area (Å²) in [4.78, 5) is 12.1. The number of ether oxygens (including phenoxy) is 1. The van der Waals surface area contributed by atoms with E-state index in [1.165, 1.54) is 44.2 Å². The Morgan fingerprint density at radius 1 is 1.07 bits per heavy atom. The molecule has 2 aliphatic rings. The largest absolute Gasteiger partial charge is 0.497 e. The van der Waals surface area contributed by atoms with Crippen LogP contribution in [0.5, 0.6) is 5.75 Å². The predicted molar refractivity (Wildman–Crippen MR) is 111 cm³/mol. The van der Waals surface area contributed by atoms with Crippen LogP contribution in [-0.2, 0) is 0 Å². The Bertz CT molecular complexity index is 972. The van der Waals surface area contributed by atoms with E-state index >= 15 is 0 Å². The highest BCUT2D eigenvalue weighted by Gasteiger charge is 2.25. The van der Waals surface area contributed by atoms with Gasteiger partial charge in [-0.1, -0.05) is 12.8 Å². The second kappa shape index (κ2) is 7.30. The predicted octanol–water partition coefficient (Wildman–Crippen LogP) is 4.36. The average molecular weight is 378 g/mol. The fourth-order valence-electron chi connectivity index (χ4n) is 3.86. The first-order valence-corrected chi connectivity index (χ1v) is 10.2. The standard InChI is InChI=1S/C21H26N6O/c1-28-15-8-9-17-16(12-15)20(23-19-13-18(25-26-19)14-6-7-14)24-21(22-17)27-10-4-2-3-5-11-27/h8-9,12-14H,2-7,10-11H2,1H3,(H2,22,23,24,25,26). The summed E-state index contributed by atoms with van der Waals surface area (Å²) in [5.74, 6) is 3.80. The van der Waals surface area contributed by atoms with Crippen molar-refractivity contribution in [1.29, 1.82) is 0 Å². The number of aromatic nitrogens is 4. The van der Waals surface area contributed by atoms with Crippen LogP contribution in [0.3, 0.4) is 0 Å². The number of anilines is 3. The number of H-pyrrole nitrogens is 1. The van der Waals surface area contributed by atoms with Crippen molar-refractivity contribution in [3.63, 3.8) is 0 Å². The Morgan fingerprint density at radius 2 is 1.89 bits per heavy atom. The molecule has 3 heterocycles. The van der Waals surface area contributed by atoms with Crippen LogP contribution in [0.1, 0.15) is 50.1 Å².